The molecular formula is C25H27FN4O2. The summed E-state index contributed by atoms with van der Waals surface area (Å²) < 4.78 is 15.0. The molecule has 0 fully saturated rings. The van der Waals surface area contributed by atoms with Crippen LogP contribution in [-0.4, -0.2) is 41.5 Å². The van der Waals surface area contributed by atoms with Crippen molar-refractivity contribution in [3.05, 3.63) is 72.2 Å². The molecule has 6 nitrogen and oxygen atoms in total. The average Bonchev–Trinajstić information content (AvgIpc) is 3.17. The number of likely N-dealkylation sites (N-methyl/N-ethyl adjacent to an activating group) is 1. The minimum Gasteiger partial charge on any atom is -0.347 e. The Morgan fingerprint density at radius 3 is 2.59 bits per heavy atom. The maximum absolute atomic E-state index is 13.1. The minimum absolute atomic E-state index is 0.00367. The lowest BCUT2D eigenvalue weighted by Gasteiger charge is -2.23. The standard InChI is InChI=1S/C25H27FN4O2/c1-29(2)24(31)16-30-14-13-19-7-12-22(15-23(19)30)28-25(32)27-21-10-5-18(6-11-21)17-3-8-20(26)9-4-17/h3-5,7-9,12-15,21H,6,10-11,16H2,1-2H3,(H2,27,28,32). The van der Waals surface area contributed by atoms with Crippen LogP contribution in [0.5, 0.6) is 0 Å². The maximum atomic E-state index is 13.1. The second-order valence-electron chi connectivity index (χ2n) is 8.31. The predicted molar refractivity (Wildman–Crippen MR) is 125 cm³/mol. The topological polar surface area (TPSA) is 66.4 Å². The Bertz CT molecular complexity index is 1160. The molecule has 2 aromatic carbocycles. The number of hydrogen-bond donors (Lipinski definition) is 2. The van der Waals surface area contributed by atoms with Crippen LogP contribution in [0.2, 0.25) is 0 Å². The zero-order valence-corrected chi connectivity index (χ0v) is 18.3. The summed E-state index contributed by atoms with van der Waals surface area (Å²) in [6, 6.07) is 13.9. The molecule has 1 aliphatic rings. The third-order valence-corrected chi connectivity index (χ3v) is 5.80. The first kappa shape index (κ1) is 21.6. The summed E-state index contributed by atoms with van der Waals surface area (Å²) in [7, 11) is 3.46. The number of anilines is 1. The van der Waals surface area contributed by atoms with Crippen molar-refractivity contribution >= 4 is 34.1 Å². The van der Waals surface area contributed by atoms with Crippen LogP contribution in [0.25, 0.3) is 16.5 Å². The highest BCUT2D eigenvalue weighted by Gasteiger charge is 2.18. The number of nitrogens with zero attached hydrogens (tertiary/aromatic N) is 2. The van der Waals surface area contributed by atoms with Crippen molar-refractivity contribution in [1.29, 1.82) is 0 Å². The fraction of sp³-hybridized carbons (Fsp3) is 0.280. The molecule has 4 rings (SSSR count). The number of rotatable bonds is 5. The molecule has 0 spiro atoms. The van der Waals surface area contributed by atoms with Gasteiger partial charge in [-0.2, -0.15) is 0 Å². The quantitative estimate of drug-likeness (QED) is 0.615. The van der Waals surface area contributed by atoms with Crippen molar-refractivity contribution in [2.24, 2.45) is 0 Å². The number of aromatic nitrogens is 1. The van der Waals surface area contributed by atoms with Gasteiger partial charge in [-0.05, 0) is 66.1 Å². The van der Waals surface area contributed by atoms with Crippen molar-refractivity contribution in [1.82, 2.24) is 14.8 Å². The van der Waals surface area contributed by atoms with Crippen LogP contribution in [0.1, 0.15) is 24.8 Å². The Kier molecular flexibility index (Phi) is 6.25. The van der Waals surface area contributed by atoms with Crippen molar-refractivity contribution in [3.63, 3.8) is 0 Å². The molecule has 166 valence electrons. The molecule has 7 heteroatoms. The Labute approximate surface area is 186 Å². The van der Waals surface area contributed by atoms with Crippen LogP contribution in [0, 0.1) is 5.82 Å². The minimum atomic E-state index is -0.254. The number of amides is 3. The molecule has 0 radical (unpaired) electrons. The number of benzene rings is 2. The summed E-state index contributed by atoms with van der Waals surface area (Å²) in [4.78, 5) is 26.2. The van der Waals surface area contributed by atoms with Crippen LogP contribution < -0.4 is 10.6 Å². The highest BCUT2D eigenvalue weighted by atomic mass is 19.1. The van der Waals surface area contributed by atoms with E-state index in [1.165, 1.54) is 17.7 Å². The van der Waals surface area contributed by atoms with Gasteiger partial charge in [0.1, 0.15) is 12.4 Å². The lowest BCUT2D eigenvalue weighted by molar-refractivity contribution is -0.129. The molecule has 3 amide bonds. The number of allylic oxidation sites excluding steroid dienone is 1. The average molecular weight is 435 g/mol. The smallest absolute Gasteiger partial charge is 0.319 e. The van der Waals surface area contributed by atoms with E-state index < -0.39 is 0 Å². The third-order valence-electron chi connectivity index (χ3n) is 5.80. The normalized spacial score (nSPS) is 15.8. The van der Waals surface area contributed by atoms with Gasteiger partial charge >= 0.3 is 6.03 Å². The highest BCUT2D eigenvalue weighted by Crippen LogP contribution is 2.27. The zero-order chi connectivity index (χ0) is 22.7. The van der Waals surface area contributed by atoms with E-state index in [1.807, 2.05) is 35.0 Å². The van der Waals surface area contributed by atoms with Crippen LogP contribution >= 0.6 is 0 Å². The molecule has 32 heavy (non-hydrogen) atoms. The van der Waals surface area contributed by atoms with Gasteiger partial charge in [0, 0.05) is 32.0 Å². The number of halogens is 1. The van der Waals surface area contributed by atoms with E-state index in [2.05, 4.69) is 16.7 Å². The van der Waals surface area contributed by atoms with E-state index >= 15 is 0 Å². The molecule has 0 saturated heterocycles. The van der Waals surface area contributed by atoms with Gasteiger partial charge in [-0.25, -0.2) is 9.18 Å². The van der Waals surface area contributed by atoms with Crippen LogP contribution in [0.3, 0.4) is 0 Å². The van der Waals surface area contributed by atoms with E-state index in [0.717, 1.165) is 35.7 Å². The molecule has 1 unspecified atom stereocenters. The van der Waals surface area contributed by atoms with Crippen molar-refractivity contribution < 1.29 is 14.0 Å². The Morgan fingerprint density at radius 1 is 1.12 bits per heavy atom. The predicted octanol–water partition coefficient (Wildman–Crippen LogP) is 4.63. The summed E-state index contributed by atoms with van der Waals surface area (Å²) in [5.74, 6) is -0.236. The summed E-state index contributed by atoms with van der Waals surface area (Å²) in [5.41, 5.74) is 3.77. The van der Waals surface area contributed by atoms with E-state index in [4.69, 9.17) is 0 Å². The monoisotopic (exact) mass is 434 g/mol. The Morgan fingerprint density at radius 2 is 1.91 bits per heavy atom. The molecule has 0 aliphatic heterocycles. The van der Waals surface area contributed by atoms with Crippen LogP contribution in [0.4, 0.5) is 14.9 Å². The fourth-order valence-corrected chi connectivity index (χ4v) is 3.93. The molecule has 1 aliphatic carbocycles. The molecule has 0 saturated carbocycles. The fourth-order valence-electron chi connectivity index (χ4n) is 3.93. The van der Waals surface area contributed by atoms with Crippen molar-refractivity contribution in [3.8, 4) is 0 Å². The lowest BCUT2D eigenvalue weighted by Crippen LogP contribution is -2.38. The first-order valence-electron chi connectivity index (χ1n) is 10.7. The molecule has 0 bridgehead atoms. The van der Waals surface area contributed by atoms with Gasteiger partial charge in [0.25, 0.3) is 0 Å². The first-order chi connectivity index (χ1) is 15.4. The van der Waals surface area contributed by atoms with Crippen molar-refractivity contribution in [2.75, 3.05) is 19.4 Å². The van der Waals surface area contributed by atoms with Gasteiger partial charge in [0.15, 0.2) is 0 Å². The highest BCUT2D eigenvalue weighted by molar-refractivity contribution is 5.93. The number of carbonyl (C=O) groups is 2. The zero-order valence-electron chi connectivity index (χ0n) is 18.3. The number of urea groups is 1. The van der Waals surface area contributed by atoms with Gasteiger partial charge < -0.3 is 20.1 Å². The van der Waals surface area contributed by atoms with Gasteiger partial charge in [0.05, 0.1) is 5.52 Å². The Hall–Kier alpha value is -3.61. The number of fused-ring (bicyclic) bond motifs is 1. The van der Waals surface area contributed by atoms with Gasteiger partial charge in [-0.15, -0.1) is 0 Å². The lowest BCUT2D eigenvalue weighted by atomic mass is 9.91. The maximum Gasteiger partial charge on any atom is 0.319 e. The molecule has 1 atom stereocenters. The van der Waals surface area contributed by atoms with E-state index in [9.17, 15) is 14.0 Å². The van der Waals surface area contributed by atoms with Gasteiger partial charge in [-0.1, -0.05) is 24.3 Å². The largest absolute Gasteiger partial charge is 0.347 e. The van der Waals surface area contributed by atoms with Crippen LogP contribution in [-0.2, 0) is 11.3 Å². The molecule has 2 N–H and O–H groups in total. The Balaban J connectivity index is 1.37. The second kappa shape index (κ2) is 9.26. The molecule has 1 heterocycles. The van der Waals surface area contributed by atoms with E-state index in [0.29, 0.717) is 5.69 Å². The number of nitrogens with one attached hydrogen (secondary N) is 2. The second-order valence-corrected chi connectivity index (χ2v) is 8.31. The molecule has 3 aromatic rings. The third kappa shape index (κ3) is 4.99. The molecule has 1 aromatic heterocycles. The van der Waals surface area contributed by atoms with Gasteiger partial charge in [-0.3, -0.25) is 4.79 Å². The summed E-state index contributed by atoms with van der Waals surface area (Å²) in [5, 5.41) is 6.94. The van der Waals surface area contributed by atoms with E-state index in [1.54, 1.807) is 31.1 Å². The summed E-state index contributed by atoms with van der Waals surface area (Å²) in [6.07, 6.45) is 6.38. The van der Waals surface area contributed by atoms with Crippen LogP contribution in [0.15, 0.2) is 60.8 Å². The van der Waals surface area contributed by atoms with E-state index in [-0.39, 0.29) is 30.3 Å². The van der Waals surface area contributed by atoms with Crippen molar-refractivity contribution in [2.45, 2.75) is 31.8 Å². The first-order valence-corrected chi connectivity index (χ1v) is 10.7. The number of hydrogen-bond acceptors (Lipinski definition) is 2. The molecular weight excluding hydrogens is 407 g/mol. The van der Waals surface area contributed by atoms with Gasteiger partial charge in [0.2, 0.25) is 5.91 Å². The SMILES string of the molecule is CN(C)C(=O)Cn1ccc2ccc(NC(=O)NC3CC=C(c4ccc(F)cc4)CC3)cc21. The number of carbonyl (C=O) groups excluding carboxylic acids is 2. The summed E-state index contributed by atoms with van der Waals surface area (Å²) >= 11 is 0. The summed E-state index contributed by atoms with van der Waals surface area (Å²) in [6.45, 7) is 0.247.